The Morgan fingerprint density at radius 2 is 1.70 bits per heavy atom. The molecular formula is C19H21F2N3O3. The number of amides is 2. The molecule has 0 radical (unpaired) electrons. The van der Waals surface area contributed by atoms with Crippen molar-refractivity contribution in [1.29, 1.82) is 0 Å². The lowest BCUT2D eigenvalue weighted by molar-refractivity contribution is -0.133. The molecule has 0 saturated carbocycles. The molecule has 0 spiro atoms. The van der Waals surface area contributed by atoms with Crippen LogP contribution in [0.1, 0.15) is 40.2 Å². The van der Waals surface area contributed by atoms with Gasteiger partial charge in [-0.15, -0.1) is 0 Å². The third kappa shape index (κ3) is 3.70. The number of nitrogens with zero attached hydrogens (tertiary/aromatic N) is 3. The summed E-state index contributed by atoms with van der Waals surface area (Å²) < 4.78 is 31.5. The highest BCUT2D eigenvalue weighted by Crippen LogP contribution is 2.25. The van der Waals surface area contributed by atoms with Gasteiger partial charge in [-0.1, -0.05) is 5.16 Å². The maximum absolute atomic E-state index is 13.4. The van der Waals surface area contributed by atoms with Crippen LogP contribution in [-0.2, 0) is 4.79 Å². The summed E-state index contributed by atoms with van der Waals surface area (Å²) in [6, 6.07) is 3.10. The van der Waals surface area contributed by atoms with Crippen LogP contribution >= 0.6 is 0 Å². The fourth-order valence-electron chi connectivity index (χ4n) is 3.45. The zero-order chi connectivity index (χ0) is 19.7. The second-order valence-electron chi connectivity index (χ2n) is 6.71. The van der Waals surface area contributed by atoms with Gasteiger partial charge in [-0.3, -0.25) is 9.59 Å². The Kier molecular flexibility index (Phi) is 5.25. The molecule has 6 nitrogen and oxygen atoms in total. The molecule has 1 aromatic carbocycles. The molecule has 8 heteroatoms. The molecular weight excluding hydrogens is 356 g/mol. The van der Waals surface area contributed by atoms with E-state index in [4.69, 9.17) is 4.52 Å². The number of rotatable bonds is 3. The molecule has 27 heavy (non-hydrogen) atoms. The minimum Gasteiger partial charge on any atom is -0.361 e. The van der Waals surface area contributed by atoms with Gasteiger partial charge in [0.15, 0.2) is 11.6 Å². The van der Waals surface area contributed by atoms with E-state index in [0.29, 0.717) is 37.6 Å². The molecule has 3 rings (SSSR count). The van der Waals surface area contributed by atoms with Crippen LogP contribution in [0.4, 0.5) is 8.78 Å². The third-order valence-electron chi connectivity index (χ3n) is 4.94. The maximum Gasteiger partial charge on any atom is 0.254 e. The van der Waals surface area contributed by atoms with Crippen LogP contribution in [0.3, 0.4) is 0 Å². The SMILES string of the molecule is Cc1noc(C)c1[C@H](C)C(=O)N1CCN(C(=O)c2ccc(F)c(F)c2)CC1. The molecule has 1 atom stereocenters. The minimum atomic E-state index is -1.05. The Balaban J connectivity index is 1.63. The standard InChI is InChI=1S/C19H21F2N3O3/c1-11(17-12(2)22-27-13(17)3)18(25)23-6-8-24(9-7-23)19(26)14-4-5-15(20)16(21)10-14/h4-5,10-11H,6-9H2,1-3H3/t11-/m0/s1. The van der Waals surface area contributed by atoms with Crippen molar-refractivity contribution in [3.8, 4) is 0 Å². The van der Waals surface area contributed by atoms with Crippen LogP contribution < -0.4 is 0 Å². The molecule has 1 fully saturated rings. The summed E-state index contributed by atoms with van der Waals surface area (Å²) in [5, 5.41) is 3.89. The van der Waals surface area contributed by atoms with E-state index < -0.39 is 11.6 Å². The summed E-state index contributed by atoms with van der Waals surface area (Å²) in [5.41, 5.74) is 1.58. The Hall–Kier alpha value is -2.77. The van der Waals surface area contributed by atoms with Crippen LogP contribution in [0.25, 0.3) is 0 Å². The molecule has 2 heterocycles. The third-order valence-corrected chi connectivity index (χ3v) is 4.94. The number of hydrogen-bond donors (Lipinski definition) is 0. The second-order valence-corrected chi connectivity index (χ2v) is 6.71. The molecule has 0 N–H and O–H groups in total. The van der Waals surface area contributed by atoms with Crippen LogP contribution in [-0.4, -0.2) is 52.9 Å². The molecule has 2 aromatic rings. The second kappa shape index (κ2) is 7.46. The molecule has 1 aromatic heterocycles. The van der Waals surface area contributed by atoms with Crippen LogP contribution in [0, 0.1) is 25.5 Å². The first-order valence-corrected chi connectivity index (χ1v) is 8.75. The highest BCUT2D eigenvalue weighted by atomic mass is 19.2. The van der Waals surface area contributed by atoms with Crippen molar-refractivity contribution in [2.24, 2.45) is 0 Å². The Morgan fingerprint density at radius 1 is 1.07 bits per heavy atom. The number of piperazine rings is 1. The largest absolute Gasteiger partial charge is 0.361 e. The summed E-state index contributed by atoms with van der Waals surface area (Å²) in [6.07, 6.45) is 0. The van der Waals surface area contributed by atoms with E-state index in [1.807, 2.05) is 6.92 Å². The van der Waals surface area contributed by atoms with Gasteiger partial charge in [0, 0.05) is 37.3 Å². The van der Waals surface area contributed by atoms with Gasteiger partial charge >= 0.3 is 0 Å². The maximum atomic E-state index is 13.4. The van der Waals surface area contributed by atoms with E-state index >= 15 is 0 Å². The zero-order valence-corrected chi connectivity index (χ0v) is 15.5. The summed E-state index contributed by atoms with van der Waals surface area (Å²) in [4.78, 5) is 28.5. The topological polar surface area (TPSA) is 66.7 Å². The Bertz CT molecular complexity index is 854. The van der Waals surface area contributed by atoms with E-state index in [1.165, 1.54) is 11.0 Å². The predicted molar refractivity (Wildman–Crippen MR) is 93.2 cm³/mol. The monoisotopic (exact) mass is 377 g/mol. The summed E-state index contributed by atoms with van der Waals surface area (Å²) in [5.74, 6) is -2.23. The first-order valence-electron chi connectivity index (χ1n) is 8.75. The van der Waals surface area contributed by atoms with Gasteiger partial charge in [-0.2, -0.15) is 0 Å². The van der Waals surface area contributed by atoms with Gasteiger partial charge in [0.2, 0.25) is 5.91 Å². The van der Waals surface area contributed by atoms with Crippen molar-refractivity contribution >= 4 is 11.8 Å². The lowest BCUT2D eigenvalue weighted by Gasteiger charge is -2.36. The van der Waals surface area contributed by atoms with Gasteiger partial charge in [-0.25, -0.2) is 8.78 Å². The predicted octanol–water partition coefficient (Wildman–Crippen LogP) is 2.66. The number of benzene rings is 1. The number of aryl methyl sites for hydroxylation is 2. The van der Waals surface area contributed by atoms with Gasteiger partial charge in [0.25, 0.3) is 5.91 Å². The lowest BCUT2D eigenvalue weighted by Crippen LogP contribution is -2.51. The van der Waals surface area contributed by atoms with E-state index in [1.54, 1.807) is 18.7 Å². The average Bonchev–Trinajstić information content (AvgIpc) is 3.00. The fraction of sp³-hybridized carbons (Fsp3) is 0.421. The fourth-order valence-corrected chi connectivity index (χ4v) is 3.45. The number of aromatic nitrogens is 1. The Morgan fingerprint density at radius 3 is 2.26 bits per heavy atom. The molecule has 144 valence electrons. The molecule has 1 aliphatic heterocycles. The molecule has 1 aliphatic rings. The van der Waals surface area contributed by atoms with E-state index in [-0.39, 0.29) is 23.3 Å². The van der Waals surface area contributed by atoms with E-state index in [9.17, 15) is 18.4 Å². The van der Waals surface area contributed by atoms with Crippen LogP contribution in [0.2, 0.25) is 0 Å². The normalized spacial score (nSPS) is 15.7. The van der Waals surface area contributed by atoms with Gasteiger partial charge in [0.05, 0.1) is 11.6 Å². The zero-order valence-electron chi connectivity index (χ0n) is 15.5. The van der Waals surface area contributed by atoms with Crippen LogP contribution in [0.5, 0.6) is 0 Å². The van der Waals surface area contributed by atoms with Crippen molar-refractivity contribution in [3.63, 3.8) is 0 Å². The summed E-state index contributed by atoms with van der Waals surface area (Å²) in [6.45, 7) is 6.80. The number of halogens is 2. The van der Waals surface area contributed by atoms with Crippen molar-refractivity contribution in [2.75, 3.05) is 26.2 Å². The van der Waals surface area contributed by atoms with E-state index in [2.05, 4.69) is 5.16 Å². The van der Waals surface area contributed by atoms with E-state index in [0.717, 1.165) is 17.7 Å². The quantitative estimate of drug-likeness (QED) is 0.825. The average molecular weight is 377 g/mol. The highest BCUT2D eigenvalue weighted by Gasteiger charge is 2.30. The number of carbonyl (C=O) groups excluding carboxylic acids is 2. The van der Waals surface area contributed by atoms with Gasteiger partial charge in [0.1, 0.15) is 5.76 Å². The van der Waals surface area contributed by atoms with Crippen LogP contribution in [0.15, 0.2) is 22.7 Å². The van der Waals surface area contributed by atoms with Crippen molar-refractivity contribution in [2.45, 2.75) is 26.7 Å². The van der Waals surface area contributed by atoms with Crippen molar-refractivity contribution in [3.05, 3.63) is 52.4 Å². The summed E-state index contributed by atoms with van der Waals surface area (Å²) >= 11 is 0. The molecule has 0 unspecified atom stereocenters. The molecule has 0 aliphatic carbocycles. The first-order chi connectivity index (χ1) is 12.8. The van der Waals surface area contributed by atoms with Crippen molar-refractivity contribution in [1.82, 2.24) is 15.0 Å². The highest BCUT2D eigenvalue weighted by molar-refractivity contribution is 5.94. The smallest absolute Gasteiger partial charge is 0.254 e. The molecule has 1 saturated heterocycles. The minimum absolute atomic E-state index is 0.0516. The lowest BCUT2D eigenvalue weighted by atomic mass is 9.97. The molecule has 2 amide bonds. The van der Waals surface area contributed by atoms with Gasteiger partial charge in [-0.05, 0) is 39.0 Å². The van der Waals surface area contributed by atoms with Gasteiger partial charge < -0.3 is 14.3 Å². The number of hydrogen-bond acceptors (Lipinski definition) is 4. The first kappa shape index (κ1) is 19.0. The number of carbonyl (C=O) groups is 2. The summed E-state index contributed by atoms with van der Waals surface area (Å²) in [7, 11) is 0. The van der Waals surface area contributed by atoms with Crippen molar-refractivity contribution < 1.29 is 22.9 Å². The molecule has 0 bridgehead atoms. The Labute approximate surface area is 155 Å².